The van der Waals surface area contributed by atoms with Gasteiger partial charge in [0, 0.05) is 25.4 Å². The van der Waals surface area contributed by atoms with Crippen LogP contribution in [0.15, 0.2) is 0 Å². The first kappa shape index (κ1) is 12.0. The third-order valence-corrected chi connectivity index (χ3v) is 3.11. The van der Waals surface area contributed by atoms with Gasteiger partial charge in [-0.15, -0.1) is 0 Å². The van der Waals surface area contributed by atoms with Crippen LogP contribution in [0.25, 0.3) is 0 Å². The second-order valence-corrected chi connectivity index (χ2v) is 4.56. The molecule has 94 valence electrons. The van der Waals surface area contributed by atoms with E-state index in [9.17, 15) is 14.4 Å². The molecular formula is C11H16N2O4. The fraction of sp³-hybridized carbons (Fsp3) is 0.727. The maximum absolute atomic E-state index is 11.3. The zero-order chi connectivity index (χ0) is 12.4. The zero-order valence-corrected chi connectivity index (χ0v) is 9.52. The number of aliphatic carboxylic acids is 1. The molecule has 1 unspecified atom stereocenters. The number of hydrogen-bond acceptors (Lipinski definition) is 4. The zero-order valence-electron chi connectivity index (χ0n) is 9.52. The molecule has 0 aromatic carbocycles. The van der Waals surface area contributed by atoms with Crippen LogP contribution in [-0.2, 0) is 14.4 Å². The molecule has 2 N–H and O–H groups in total. The number of carboxylic acid groups (broad SMARTS) is 1. The van der Waals surface area contributed by atoms with E-state index >= 15 is 0 Å². The van der Waals surface area contributed by atoms with Crippen LogP contribution in [0.1, 0.15) is 32.1 Å². The summed E-state index contributed by atoms with van der Waals surface area (Å²) in [4.78, 5) is 34.8. The topological polar surface area (TPSA) is 86.7 Å². The van der Waals surface area contributed by atoms with Crippen molar-refractivity contribution in [2.45, 2.75) is 44.2 Å². The number of imide groups is 1. The lowest BCUT2D eigenvalue weighted by Crippen LogP contribution is -2.42. The summed E-state index contributed by atoms with van der Waals surface area (Å²) >= 11 is 0. The predicted molar refractivity (Wildman–Crippen MR) is 58.2 cm³/mol. The molecule has 1 aliphatic carbocycles. The molecule has 2 aliphatic rings. The van der Waals surface area contributed by atoms with Gasteiger partial charge in [0.25, 0.3) is 0 Å². The molecule has 6 heteroatoms. The second-order valence-electron chi connectivity index (χ2n) is 4.56. The van der Waals surface area contributed by atoms with Gasteiger partial charge in [0.2, 0.25) is 11.8 Å². The first-order valence-electron chi connectivity index (χ1n) is 5.90. The molecule has 0 aromatic rings. The van der Waals surface area contributed by atoms with Crippen LogP contribution in [0.5, 0.6) is 0 Å². The van der Waals surface area contributed by atoms with Crippen molar-refractivity contribution in [1.82, 2.24) is 10.2 Å². The highest BCUT2D eigenvalue weighted by Gasteiger charge is 2.32. The molecule has 6 nitrogen and oxygen atoms in total. The number of rotatable bonds is 6. The number of carboxylic acids is 1. The van der Waals surface area contributed by atoms with Crippen molar-refractivity contribution in [3.05, 3.63) is 0 Å². The average molecular weight is 240 g/mol. The summed E-state index contributed by atoms with van der Waals surface area (Å²) in [6, 6.07) is -0.371. The fourth-order valence-electron chi connectivity index (χ4n) is 1.94. The summed E-state index contributed by atoms with van der Waals surface area (Å²) in [5, 5.41) is 12.0. The van der Waals surface area contributed by atoms with Crippen LogP contribution >= 0.6 is 0 Å². The van der Waals surface area contributed by atoms with Gasteiger partial charge in [-0.2, -0.15) is 0 Å². The van der Waals surface area contributed by atoms with Crippen LogP contribution < -0.4 is 5.32 Å². The third kappa shape index (κ3) is 3.03. The van der Waals surface area contributed by atoms with Crippen LogP contribution in [0.2, 0.25) is 0 Å². The van der Waals surface area contributed by atoms with E-state index in [0.29, 0.717) is 6.04 Å². The molecule has 0 radical (unpaired) electrons. The van der Waals surface area contributed by atoms with Gasteiger partial charge < -0.3 is 10.4 Å². The van der Waals surface area contributed by atoms with E-state index in [-0.39, 0.29) is 37.6 Å². The molecule has 0 spiro atoms. The molecule has 17 heavy (non-hydrogen) atoms. The van der Waals surface area contributed by atoms with Gasteiger partial charge in [0.15, 0.2) is 0 Å². The van der Waals surface area contributed by atoms with Gasteiger partial charge in [-0.05, 0) is 19.3 Å². The predicted octanol–water partition coefficient (Wildman–Crippen LogP) is -0.269. The van der Waals surface area contributed by atoms with Crippen molar-refractivity contribution >= 4 is 17.8 Å². The normalized spacial score (nSPS) is 22.0. The molecule has 2 fully saturated rings. The number of carbonyl (C=O) groups is 3. The highest BCUT2D eigenvalue weighted by Crippen LogP contribution is 2.20. The Bertz CT molecular complexity index is 335. The minimum atomic E-state index is -0.920. The Kier molecular flexibility index (Phi) is 3.42. The van der Waals surface area contributed by atoms with Crippen molar-refractivity contribution in [1.29, 1.82) is 0 Å². The number of nitrogens with one attached hydrogen (secondary N) is 1. The van der Waals surface area contributed by atoms with Gasteiger partial charge in [0.05, 0.1) is 0 Å². The fourth-order valence-corrected chi connectivity index (χ4v) is 1.94. The SMILES string of the molecule is O=C(O)C(CCN1C(=O)CCC1=O)NC1CC1. The minimum Gasteiger partial charge on any atom is -0.480 e. The van der Waals surface area contributed by atoms with E-state index in [2.05, 4.69) is 5.32 Å². The lowest BCUT2D eigenvalue weighted by Gasteiger charge is -2.18. The van der Waals surface area contributed by atoms with Crippen molar-refractivity contribution in [3.8, 4) is 0 Å². The molecule has 2 rings (SSSR count). The van der Waals surface area contributed by atoms with Crippen LogP contribution in [0.4, 0.5) is 0 Å². The highest BCUT2D eigenvalue weighted by molar-refractivity contribution is 6.01. The largest absolute Gasteiger partial charge is 0.480 e. The summed E-state index contributed by atoms with van der Waals surface area (Å²) in [5.41, 5.74) is 0. The third-order valence-electron chi connectivity index (χ3n) is 3.11. The molecule has 1 aliphatic heterocycles. The summed E-state index contributed by atoms with van der Waals surface area (Å²) in [6.45, 7) is 0.203. The standard InChI is InChI=1S/C11H16N2O4/c14-9-3-4-10(15)13(9)6-5-8(11(16)17)12-7-1-2-7/h7-8,12H,1-6H2,(H,16,17). The Morgan fingerprint density at radius 3 is 2.41 bits per heavy atom. The van der Waals surface area contributed by atoms with Crippen LogP contribution in [-0.4, -0.2) is 46.4 Å². The first-order valence-corrected chi connectivity index (χ1v) is 5.90. The number of amides is 2. The Balaban J connectivity index is 1.83. The van der Waals surface area contributed by atoms with Crippen LogP contribution in [0.3, 0.4) is 0 Å². The molecule has 1 saturated heterocycles. The number of likely N-dealkylation sites (tertiary alicyclic amines) is 1. The summed E-state index contributed by atoms with van der Waals surface area (Å²) < 4.78 is 0. The van der Waals surface area contributed by atoms with E-state index < -0.39 is 12.0 Å². The molecule has 2 amide bonds. The Labute approximate surface area is 99.0 Å². The van der Waals surface area contributed by atoms with Crippen molar-refractivity contribution < 1.29 is 19.5 Å². The van der Waals surface area contributed by atoms with E-state index in [1.165, 1.54) is 4.90 Å². The smallest absolute Gasteiger partial charge is 0.320 e. The molecule has 1 saturated carbocycles. The second kappa shape index (κ2) is 4.83. The summed E-state index contributed by atoms with van der Waals surface area (Å²) in [5.74, 6) is -1.30. The quantitative estimate of drug-likeness (QED) is 0.624. The monoisotopic (exact) mass is 240 g/mol. The Hall–Kier alpha value is -1.43. The maximum Gasteiger partial charge on any atom is 0.320 e. The van der Waals surface area contributed by atoms with Gasteiger partial charge in [-0.1, -0.05) is 0 Å². The van der Waals surface area contributed by atoms with Gasteiger partial charge in [-0.25, -0.2) is 0 Å². The van der Waals surface area contributed by atoms with Crippen LogP contribution in [0, 0.1) is 0 Å². The van der Waals surface area contributed by atoms with Gasteiger partial charge in [0.1, 0.15) is 6.04 Å². The first-order chi connectivity index (χ1) is 8.08. The molecule has 0 bridgehead atoms. The summed E-state index contributed by atoms with van der Waals surface area (Å²) in [7, 11) is 0. The minimum absolute atomic E-state index is 0.189. The molecular weight excluding hydrogens is 224 g/mol. The lowest BCUT2D eigenvalue weighted by atomic mass is 10.2. The van der Waals surface area contributed by atoms with Crippen molar-refractivity contribution in [2.24, 2.45) is 0 Å². The van der Waals surface area contributed by atoms with Gasteiger partial charge in [-0.3, -0.25) is 19.3 Å². The summed E-state index contributed by atoms with van der Waals surface area (Å²) in [6.07, 6.45) is 2.80. The lowest BCUT2D eigenvalue weighted by molar-refractivity contribution is -0.142. The number of nitrogens with zero attached hydrogens (tertiary/aromatic N) is 1. The molecule has 1 atom stereocenters. The Morgan fingerprint density at radius 1 is 1.35 bits per heavy atom. The highest BCUT2D eigenvalue weighted by atomic mass is 16.4. The Morgan fingerprint density at radius 2 is 1.94 bits per heavy atom. The van der Waals surface area contributed by atoms with Crippen molar-refractivity contribution in [2.75, 3.05) is 6.54 Å². The van der Waals surface area contributed by atoms with Crippen molar-refractivity contribution in [3.63, 3.8) is 0 Å². The van der Waals surface area contributed by atoms with E-state index in [1.807, 2.05) is 0 Å². The van der Waals surface area contributed by atoms with E-state index in [1.54, 1.807) is 0 Å². The molecule has 1 heterocycles. The van der Waals surface area contributed by atoms with Gasteiger partial charge >= 0.3 is 5.97 Å². The number of hydrogen-bond donors (Lipinski definition) is 2. The average Bonchev–Trinajstić information content (AvgIpc) is 3.03. The number of carbonyl (C=O) groups excluding carboxylic acids is 2. The molecule has 0 aromatic heterocycles. The maximum atomic E-state index is 11.3. The van der Waals surface area contributed by atoms with E-state index in [4.69, 9.17) is 5.11 Å². The van der Waals surface area contributed by atoms with E-state index in [0.717, 1.165) is 12.8 Å².